The van der Waals surface area contributed by atoms with Gasteiger partial charge in [0, 0.05) is 37.5 Å². The number of aromatic hydroxyl groups is 1. The molecule has 1 unspecified atom stereocenters. The molecule has 0 saturated carbocycles. The molecule has 4 heterocycles. The topological polar surface area (TPSA) is 162 Å². The second kappa shape index (κ2) is 19.3. The van der Waals surface area contributed by atoms with Crippen LogP contribution in [0.4, 0.5) is 4.79 Å². The number of phenols is 1. The number of aromatic nitrogens is 1. The number of aromatic amines is 1. The lowest BCUT2D eigenvalue weighted by atomic mass is 9.86. The molecule has 6 aromatic rings. The molecule has 5 N–H and O–H groups in total. The Balaban J connectivity index is 0.780. The van der Waals surface area contributed by atoms with E-state index in [1.54, 1.807) is 24.3 Å². The maximum absolute atomic E-state index is 13.2. The third-order valence-electron chi connectivity index (χ3n) is 11.6. The third kappa shape index (κ3) is 10.5. The van der Waals surface area contributed by atoms with Crippen molar-refractivity contribution < 1.29 is 34.0 Å². The molecule has 12 heteroatoms. The van der Waals surface area contributed by atoms with Gasteiger partial charge in [0.15, 0.2) is 0 Å². The minimum atomic E-state index is -0.850. The zero-order valence-electron chi connectivity index (χ0n) is 33.8. The average molecular weight is 823 g/mol. The Morgan fingerprint density at radius 1 is 0.820 bits per heavy atom. The van der Waals surface area contributed by atoms with E-state index in [-0.39, 0.29) is 37.2 Å². The van der Waals surface area contributed by atoms with Crippen molar-refractivity contribution in [3.63, 3.8) is 0 Å². The largest absolute Gasteiger partial charge is 0.506 e. The number of nitrogens with zero attached hydrogens (tertiary/aromatic N) is 1. The molecule has 9 rings (SSSR count). The van der Waals surface area contributed by atoms with E-state index in [9.17, 15) is 24.6 Å². The SMILES string of the molecule is O=C(NC(c1ccccc1)c1cccc(OCc2ccc(C(=O)OCCc3ccc(CNC[C@@H](O)c4ccc(O)c5[nH]c(=O)ccc45)cc3)cc2)c1)O[C@H]1CN2CCC1CC2. The van der Waals surface area contributed by atoms with E-state index < -0.39 is 24.2 Å². The Kier molecular flexibility index (Phi) is 13.0. The molecule has 3 aliphatic rings. The van der Waals surface area contributed by atoms with Crippen molar-refractivity contribution in [2.24, 2.45) is 5.92 Å². The predicted molar refractivity (Wildman–Crippen MR) is 231 cm³/mol. The summed E-state index contributed by atoms with van der Waals surface area (Å²) in [7, 11) is 0. The fourth-order valence-electron chi connectivity index (χ4n) is 8.21. The molecular weight excluding hydrogens is 773 g/mol. The summed E-state index contributed by atoms with van der Waals surface area (Å²) in [6, 6.07) is 38.3. The monoisotopic (exact) mass is 822 g/mol. The zero-order valence-corrected chi connectivity index (χ0v) is 33.8. The Morgan fingerprint density at radius 3 is 2.31 bits per heavy atom. The molecule has 314 valence electrons. The van der Waals surface area contributed by atoms with E-state index in [2.05, 4.69) is 20.5 Å². The van der Waals surface area contributed by atoms with Gasteiger partial charge in [-0.1, -0.05) is 84.9 Å². The number of fused-ring (bicyclic) bond motifs is 4. The summed E-state index contributed by atoms with van der Waals surface area (Å²) in [4.78, 5) is 42.8. The maximum Gasteiger partial charge on any atom is 0.408 e. The van der Waals surface area contributed by atoms with Crippen molar-refractivity contribution >= 4 is 23.0 Å². The van der Waals surface area contributed by atoms with Crippen LogP contribution in [0.25, 0.3) is 10.9 Å². The van der Waals surface area contributed by atoms with Crippen LogP contribution in [0.5, 0.6) is 11.5 Å². The number of piperidine rings is 3. The molecule has 3 atom stereocenters. The molecule has 3 fully saturated rings. The normalized spacial score (nSPS) is 18.0. The summed E-state index contributed by atoms with van der Waals surface area (Å²) in [5.41, 5.74) is 5.76. The van der Waals surface area contributed by atoms with Crippen LogP contribution in [0.2, 0.25) is 0 Å². The summed E-state index contributed by atoms with van der Waals surface area (Å²) in [5, 5.41) is 27.9. The van der Waals surface area contributed by atoms with Crippen molar-refractivity contribution in [1.82, 2.24) is 20.5 Å². The van der Waals surface area contributed by atoms with E-state index in [0.29, 0.717) is 46.7 Å². The molecule has 0 spiro atoms. The smallest absolute Gasteiger partial charge is 0.408 e. The molecule has 5 aromatic carbocycles. The first-order chi connectivity index (χ1) is 29.8. The number of amides is 1. The van der Waals surface area contributed by atoms with Gasteiger partial charge >= 0.3 is 12.1 Å². The van der Waals surface area contributed by atoms with Crippen molar-refractivity contribution in [3.8, 4) is 11.5 Å². The number of esters is 1. The number of phenolic OH excluding ortho intramolecular Hbond substituents is 1. The van der Waals surface area contributed by atoms with Crippen molar-refractivity contribution in [2.45, 2.75) is 50.7 Å². The van der Waals surface area contributed by atoms with Crippen LogP contribution < -0.4 is 20.9 Å². The van der Waals surface area contributed by atoms with Gasteiger partial charge in [-0.3, -0.25) is 9.69 Å². The van der Waals surface area contributed by atoms with E-state index in [4.69, 9.17) is 14.2 Å². The lowest BCUT2D eigenvalue weighted by Crippen LogP contribution is -2.52. The molecular formula is C49H50N4O8. The summed E-state index contributed by atoms with van der Waals surface area (Å²) < 4.78 is 17.7. The van der Waals surface area contributed by atoms with Gasteiger partial charge in [-0.25, -0.2) is 9.59 Å². The van der Waals surface area contributed by atoms with Crippen molar-refractivity contribution in [2.75, 3.05) is 32.8 Å². The van der Waals surface area contributed by atoms with Gasteiger partial charge in [0.2, 0.25) is 5.56 Å². The fourth-order valence-corrected chi connectivity index (χ4v) is 8.21. The summed E-state index contributed by atoms with van der Waals surface area (Å²) >= 11 is 0. The quantitative estimate of drug-likeness (QED) is 0.0647. The summed E-state index contributed by atoms with van der Waals surface area (Å²) in [5.74, 6) is 0.614. The number of benzene rings is 5. The van der Waals surface area contributed by atoms with E-state index in [1.807, 2.05) is 91.0 Å². The number of ether oxygens (including phenoxy) is 3. The van der Waals surface area contributed by atoms with Crippen molar-refractivity contribution in [3.05, 3.63) is 177 Å². The lowest BCUT2D eigenvalue weighted by Gasteiger charge is -2.43. The van der Waals surface area contributed by atoms with Gasteiger partial charge < -0.3 is 40.0 Å². The second-order valence-corrected chi connectivity index (χ2v) is 15.8. The van der Waals surface area contributed by atoms with Gasteiger partial charge in [-0.15, -0.1) is 0 Å². The highest BCUT2D eigenvalue weighted by Gasteiger charge is 2.37. The molecule has 3 aliphatic heterocycles. The molecule has 12 nitrogen and oxygen atoms in total. The summed E-state index contributed by atoms with van der Waals surface area (Å²) in [6.07, 6.45) is 1.33. The van der Waals surface area contributed by atoms with Gasteiger partial charge in [-0.05, 0) is 102 Å². The first kappa shape index (κ1) is 41.3. The van der Waals surface area contributed by atoms with Gasteiger partial charge in [0.25, 0.3) is 0 Å². The number of alkyl carbamates (subject to hydrolysis) is 1. The molecule has 1 amide bonds. The number of hydrogen-bond acceptors (Lipinski definition) is 10. The molecule has 1 aromatic heterocycles. The Labute approximate surface area is 354 Å². The van der Waals surface area contributed by atoms with Gasteiger partial charge in [0.05, 0.1) is 29.8 Å². The highest BCUT2D eigenvalue weighted by atomic mass is 16.6. The highest BCUT2D eigenvalue weighted by molar-refractivity contribution is 5.89. The van der Waals surface area contributed by atoms with E-state index >= 15 is 0 Å². The molecule has 3 saturated heterocycles. The van der Waals surface area contributed by atoms with Crippen LogP contribution in [0.15, 0.2) is 132 Å². The first-order valence-electron chi connectivity index (χ1n) is 20.8. The standard InChI is InChI=1S/C49H50N4O8/c54-42-19-17-40(41-18-20-45(56)51-47(41)42)43(55)29-50-28-33-11-9-32(10-12-33)23-26-59-48(57)37-15-13-34(14-16-37)31-60-39-8-4-7-38(27-39)46(36-5-2-1-3-6-36)52-49(58)61-44-30-53-24-21-35(44)22-25-53/h1-20,27,35,43-44,46,50,54-55H,21-26,28-31H2,(H,51,56)(H,52,58)/t43-,44+,46?/m1/s1. The number of pyridine rings is 1. The Bertz CT molecular complexity index is 2480. The lowest BCUT2D eigenvalue weighted by molar-refractivity contribution is -0.0336. The number of aliphatic hydroxyl groups excluding tert-OH is 1. The van der Waals surface area contributed by atoms with E-state index in [0.717, 1.165) is 60.3 Å². The molecule has 0 aliphatic carbocycles. The highest BCUT2D eigenvalue weighted by Crippen LogP contribution is 2.31. The Morgan fingerprint density at radius 2 is 1.56 bits per heavy atom. The maximum atomic E-state index is 13.2. The van der Waals surface area contributed by atoms with Crippen LogP contribution in [-0.4, -0.2) is 71.0 Å². The fraction of sp³-hybridized carbons (Fsp3) is 0.286. The third-order valence-corrected chi connectivity index (χ3v) is 11.6. The number of nitrogens with one attached hydrogen (secondary N) is 3. The van der Waals surface area contributed by atoms with Crippen LogP contribution in [0.1, 0.15) is 68.7 Å². The van der Waals surface area contributed by atoms with Gasteiger partial charge in [0.1, 0.15) is 24.2 Å². The van der Waals surface area contributed by atoms with Crippen LogP contribution >= 0.6 is 0 Å². The first-order valence-corrected chi connectivity index (χ1v) is 20.8. The zero-order chi connectivity index (χ0) is 42.1. The van der Waals surface area contributed by atoms with Crippen LogP contribution in [0.3, 0.4) is 0 Å². The minimum absolute atomic E-state index is 0.0504. The summed E-state index contributed by atoms with van der Waals surface area (Å²) in [6.45, 7) is 4.26. The van der Waals surface area contributed by atoms with Crippen molar-refractivity contribution in [1.29, 1.82) is 0 Å². The van der Waals surface area contributed by atoms with E-state index in [1.165, 1.54) is 12.1 Å². The van der Waals surface area contributed by atoms with Gasteiger partial charge in [-0.2, -0.15) is 0 Å². The number of rotatable bonds is 16. The molecule has 0 radical (unpaired) electrons. The van der Waals surface area contributed by atoms with Crippen LogP contribution in [-0.2, 0) is 29.0 Å². The average Bonchev–Trinajstić information content (AvgIpc) is 3.29. The minimum Gasteiger partial charge on any atom is -0.506 e. The molecule has 2 bridgehead atoms. The number of carbonyl (C=O) groups excluding carboxylic acids is 2. The Hall–Kier alpha value is -6.47. The molecule has 61 heavy (non-hydrogen) atoms. The second-order valence-electron chi connectivity index (χ2n) is 15.8. The number of carbonyl (C=O) groups is 2. The number of H-pyrrole nitrogens is 1. The number of hydrogen-bond donors (Lipinski definition) is 5. The van der Waals surface area contributed by atoms with Crippen LogP contribution in [0, 0.1) is 5.92 Å². The predicted octanol–water partition coefficient (Wildman–Crippen LogP) is 6.95. The number of aliphatic hydroxyl groups is 1.